The summed E-state index contributed by atoms with van der Waals surface area (Å²) in [6.07, 6.45) is 1.71. The fourth-order valence-corrected chi connectivity index (χ4v) is 4.29. The van der Waals surface area contributed by atoms with E-state index in [1.165, 1.54) is 13.2 Å². The lowest BCUT2D eigenvalue weighted by Gasteiger charge is -2.40. The fraction of sp³-hybridized carbons (Fsp3) is 0.391. The number of benzene rings is 2. The van der Waals surface area contributed by atoms with Crippen molar-refractivity contribution in [2.75, 3.05) is 13.7 Å². The van der Waals surface area contributed by atoms with Crippen LogP contribution in [-0.4, -0.2) is 39.7 Å². The van der Waals surface area contributed by atoms with Gasteiger partial charge in [0.05, 0.1) is 37.3 Å². The first-order valence-electron chi connectivity index (χ1n) is 10.6. The van der Waals surface area contributed by atoms with Gasteiger partial charge in [0.15, 0.2) is 5.82 Å². The van der Waals surface area contributed by atoms with Crippen molar-refractivity contribution >= 4 is 5.69 Å². The van der Waals surface area contributed by atoms with Crippen LogP contribution in [0.2, 0.25) is 0 Å². The Balaban J connectivity index is 1.58. The summed E-state index contributed by atoms with van der Waals surface area (Å²) in [5.41, 5.74) is 1.72. The van der Waals surface area contributed by atoms with Crippen LogP contribution in [0.25, 0.3) is 0 Å². The highest BCUT2D eigenvalue weighted by molar-refractivity contribution is 5.51. The first-order chi connectivity index (χ1) is 15.6. The molecule has 9 heteroatoms. The molecule has 3 aromatic rings. The number of hydrogen-bond donors (Lipinski definition) is 0. The molecule has 32 heavy (non-hydrogen) atoms. The van der Waals surface area contributed by atoms with Gasteiger partial charge in [0.25, 0.3) is 0 Å². The number of hydrogen-bond acceptors (Lipinski definition) is 8. The summed E-state index contributed by atoms with van der Waals surface area (Å²) in [7, 11) is 1.44. The minimum Gasteiger partial charge on any atom is -0.490 e. The van der Waals surface area contributed by atoms with Crippen molar-refractivity contribution in [2.24, 2.45) is 0 Å². The lowest BCUT2D eigenvalue weighted by atomic mass is 9.92. The number of likely N-dealkylation sites (tertiary alicyclic amines) is 1. The van der Waals surface area contributed by atoms with Crippen LogP contribution < -0.4 is 4.74 Å². The molecule has 0 radical (unpaired) electrons. The molecular weight excluding hydrogens is 412 g/mol. The number of piperidine rings is 1. The molecule has 1 aromatic heterocycles. The Bertz CT molecular complexity index is 1060. The molecule has 1 saturated heterocycles. The molecule has 0 bridgehead atoms. The summed E-state index contributed by atoms with van der Waals surface area (Å²) in [5, 5.41) is 15.3. The van der Waals surface area contributed by atoms with Gasteiger partial charge < -0.3 is 14.0 Å². The summed E-state index contributed by atoms with van der Waals surface area (Å²) >= 11 is 0. The van der Waals surface area contributed by atoms with Gasteiger partial charge in [-0.15, -0.1) is 0 Å². The Hall–Kier alpha value is -3.30. The molecule has 2 heterocycles. The molecule has 9 nitrogen and oxygen atoms in total. The Morgan fingerprint density at radius 3 is 2.72 bits per heavy atom. The normalized spacial score (nSPS) is 19.1. The molecule has 1 aliphatic heterocycles. The van der Waals surface area contributed by atoms with Crippen LogP contribution in [0.4, 0.5) is 5.69 Å². The van der Waals surface area contributed by atoms with E-state index in [4.69, 9.17) is 14.0 Å². The van der Waals surface area contributed by atoms with E-state index in [0.29, 0.717) is 23.8 Å². The van der Waals surface area contributed by atoms with Gasteiger partial charge in [-0.1, -0.05) is 47.6 Å². The van der Waals surface area contributed by atoms with Crippen LogP contribution in [0.1, 0.15) is 41.7 Å². The molecule has 2 unspecified atom stereocenters. The van der Waals surface area contributed by atoms with Gasteiger partial charge in [-0.25, -0.2) is 0 Å². The van der Waals surface area contributed by atoms with E-state index in [-0.39, 0.29) is 30.2 Å². The number of methoxy groups -OCH3 is 1. The SMILES string of the molecule is COc1c(COC2CCCN(Cc3nc(C)no3)C2c2ccccc2)cccc1[N+](=O)[O-]. The molecule has 1 aliphatic rings. The Morgan fingerprint density at radius 1 is 1.22 bits per heavy atom. The van der Waals surface area contributed by atoms with Crippen molar-refractivity contribution in [3.05, 3.63) is 81.5 Å². The predicted molar refractivity (Wildman–Crippen MR) is 116 cm³/mol. The molecule has 0 amide bonds. The number of nitro groups is 1. The van der Waals surface area contributed by atoms with E-state index in [1.807, 2.05) is 18.2 Å². The number of aryl methyl sites for hydroxylation is 1. The Labute approximate surface area is 186 Å². The van der Waals surface area contributed by atoms with Gasteiger partial charge in [-0.3, -0.25) is 15.0 Å². The first-order valence-corrected chi connectivity index (χ1v) is 10.6. The van der Waals surface area contributed by atoms with Gasteiger partial charge >= 0.3 is 5.69 Å². The molecule has 0 saturated carbocycles. The van der Waals surface area contributed by atoms with Crippen molar-refractivity contribution in [3.8, 4) is 5.75 Å². The van der Waals surface area contributed by atoms with Gasteiger partial charge in [-0.2, -0.15) is 4.98 Å². The largest absolute Gasteiger partial charge is 0.490 e. The topological polar surface area (TPSA) is 104 Å². The summed E-state index contributed by atoms with van der Waals surface area (Å²) in [4.78, 5) is 17.6. The number of aromatic nitrogens is 2. The molecule has 1 fully saturated rings. The number of nitro benzene ring substituents is 1. The quantitative estimate of drug-likeness (QED) is 0.380. The van der Waals surface area contributed by atoms with Crippen LogP contribution in [0.5, 0.6) is 5.75 Å². The second-order valence-corrected chi connectivity index (χ2v) is 7.78. The molecular formula is C23H26N4O5. The van der Waals surface area contributed by atoms with Crippen LogP contribution in [-0.2, 0) is 17.9 Å². The summed E-state index contributed by atoms with van der Waals surface area (Å²) in [5.74, 6) is 1.42. The highest BCUT2D eigenvalue weighted by Gasteiger charge is 2.34. The lowest BCUT2D eigenvalue weighted by Crippen LogP contribution is -2.42. The Morgan fingerprint density at radius 2 is 2.03 bits per heavy atom. The van der Waals surface area contributed by atoms with Crippen LogP contribution >= 0.6 is 0 Å². The maximum absolute atomic E-state index is 11.4. The molecule has 2 aromatic carbocycles. The van der Waals surface area contributed by atoms with Crippen molar-refractivity contribution in [1.82, 2.24) is 15.0 Å². The first kappa shape index (κ1) is 21.9. The van der Waals surface area contributed by atoms with E-state index in [1.54, 1.807) is 19.1 Å². The van der Waals surface area contributed by atoms with E-state index in [0.717, 1.165) is 24.9 Å². The number of rotatable bonds is 8. The number of nitrogens with zero attached hydrogens (tertiary/aromatic N) is 4. The molecule has 4 rings (SSSR count). The average Bonchev–Trinajstić information content (AvgIpc) is 3.22. The van der Waals surface area contributed by atoms with E-state index < -0.39 is 4.92 Å². The zero-order valence-electron chi connectivity index (χ0n) is 18.1. The fourth-order valence-electron chi connectivity index (χ4n) is 4.29. The molecule has 168 valence electrons. The number of ether oxygens (including phenoxy) is 2. The smallest absolute Gasteiger partial charge is 0.311 e. The molecule has 2 atom stereocenters. The van der Waals surface area contributed by atoms with Crippen LogP contribution in [0, 0.1) is 17.0 Å². The average molecular weight is 438 g/mol. The summed E-state index contributed by atoms with van der Waals surface area (Å²) < 4.78 is 17.1. The minimum atomic E-state index is -0.441. The van der Waals surface area contributed by atoms with E-state index in [9.17, 15) is 10.1 Å². The van der Waals surface area contributed by atoms with Crippen LogP contribution in [0.15, 0.2) is 53.1 Å². The third-order valence-electron chi connectivity index (χ3n) is 5.66. The molecule has 0 N–H and O–H groups in total. The second-order valence-electron chi connectivity index (χ2n) is 7.78. The zero-order valence-corrected chi connectivity index (χ0v) is 18.1. The van der Waals surface area contributed by atoms with Gasteiger partial charge in [0.1, 0.15) is 0 Å². The van der Waals surface area contributed by atoms with Crippen LogP contribution in [0.3, 0.4) is 0 Å². The third kappa shape index (κ3) is 4.79. The van der Waals surface area contributed by atoms with Gasteiger partial charge in [0, 0.05) is 11.6 Å². The third-order valence-corrected chi connectivity index (χ3v) is 5.66. The highest BCUT2D eigenvalue weighted by Crippen LogP contribution is 2.36. The molecule has 0 spiro atoms. The van der Waals surface area contributed by atoms with Crippen molar-refractivity contribution in [2.45, 2.75) is 45.1 Å². The van der Waals surface area contributed by atoms with E-state index in [2.05, 4.69) is 27.2 Å². The van der Waals surface area contributed by atoms with Gasteiger partial charge in [-0.05, 0) is 31.9 Å². The standard InChI is InChI=1S/C23H26N4O5/c1-16-24-21(32-25-16)14-26-13-7-12-20(22(26)17-8-4-3-5-9-17)31-15-18-10-6-11-19(27(28)29)23(18)30-2/h3-6,8-11,20,22H,7,12-15H2,1-2H3. The highest BCUT2D eigenvalue weighted by atomic mass is 16.6. The zero-order chi connectivity index (χ0) is 22.5. The number of para-hydroxylation sites is 1. The summed E-state index contributed by atoms with van der Waals surface area (Å²) in [6, 6.07) is 15.1. The maximum Gasteiger partial charge on any atom is 0.311 e. The minimum absolute atomic E-state index is 0.0122. The second kappa shape index (κ2) is 9.88. The molecule has 0 aliphatic carbocycles. The van der Waals surface area contributed by atoms with Gasteiger partial charge in [0.2, 0.25) is 11.6 Å². The van der Waals surface area contributed by atoms with E-state index >= 15 is 0 Å². The summed E-state index contributed by atoms with van der Waals surface area (Å²) in [6.45, 7) is 3.42. The monoisotopic (exact) mass is 438 g/mol. The Kier molecular flexibility index (Phi) is 6.77. The predicted octanol–water partition coefficient (Wildman–Crippen LogP) is 4.22. The van der Waals surface area contributed by atoms with Crippen molar-refractivity contribution < 1.29 is 18.9 Å². The van der Waals surface area contributed by atoms with Crippen molar-refractivity contribution in [1.29, 1.82) is 0 Å². The van der Waals surface area contributed by atoms with Crippen molar-refractivity contribution in [3.63, 3.8) is 0 Å². The lowest BCUT2D eigenvalue weighted by molar-refractivity contribution is -0.385. The maximum atomic E-state index is 11.4.